The number of hydrogen-bond acceptors (Lipinski definition) is 1. The molecule has 5 atom stereocenters. The average molecular weight is 326 g/mol. The predicted octanol–water partition coefficient (Wildman–Crippen LogP) is 5.93. The first-order chi connectivity index (χ1) is 11.6. The molecule has 0 aromatic heterocycles. The lowest BCUT2D eigenvalue weighted by molar-refractivity contribution is -0.0191. The molecule has 5 aliphatic rings. The number of allylic oxidation sites excluding steroid dienone is 4. The molecule has 0 bridgehead atoms. The average Bonchev–Trinajstić information content (AvgIpc) is 3.23. The summed E-state index contributed by atoms with van der Waals surface area (Å²) in [4.78, 5) is 2.68. The fourth-order valence-electron chi connectivity index (χ4n) is 7.56. The first-order valence-electron chi connectivity index (χ1n) is 10.8. The molecule has 0 aromatic rings. The molecule has 0 unspecified atom stereocenters. The molecule has 24 heavy (non-hydrogen) atoms. The second-order valence-electron chi connectivity index (χ2n) is 10.1. The van der Waals surface area contributed by atoms with Gasteiger partial charge in [-0.2, -0.15) is 0 Å². The van der Waals surface area contributed by atoms with Crippen molar-refractivity contribution in [2.24, 2.45) is 28.6 Å². The van der Waals surface area contributed by atoms with Crippen LogP contribution >= 0.6 is 0 Å². The summed E-state index contributed by atoms with van der Waals surface area (Å²) < 4.78 is 0. The zero-order valence-electron chi connectivity index (χ0n) is 15.8. The molecule has 1 saturated heterocycles. The van der Waals surface area contributed by atoms with Crippen LogP contribution in [-0.4, -0.2) is 18.0 Å². The number of nitrogens with zero attached hydrogens (tertiary/aromatic N) is 1. The van der Waals surface area contributed by atoms with Crippen LogP contribution in [0.2, 0.25) is 0 Å². The first-order valence-corrected chi connectivity index (χ1v) is 10.8. The highest BCUT2D eigenvalue weighted by Gasteiger charge is 2.55. The maximum Gasteiger partial charge on any atom is 0.0175 e. The molecule has 132 valence electrons. The second-order valence-corrected chi connectivity index (χ2v) is 10.1. The lowest BCUT2D eigenvalue weighted by Gasteiger charge is -2.56. The van der Waals surface area contributed by atoms with Gasteiger partial charge in [0.2, 0.25) is 0 Å². The summed E-state index contributed by atoms with van der Waals surface area (Å²) in [5, 5.41) is 0. The molecule has 1 heterocycles. The van der Waals surface area contributed by atoms with Crippen molar-refractivity contribution in [1.82, 2.24) is 4.90 Å². The summed E-state index contributed by atoms with van der Waals surface area (Å²) in [5.74, 6) is 2.97. The largest absolute Gasteiger partial charge is 0.375 e. The smallest absolute Gasteiger partial charge is 0.0175 e. The van der Waals surface area contributed by atoms with Gasteiger partial charge in [-0.25, -0.2) is 0 Å². The minimum absolute atomic E-state index is 0.482. The van der Waals surface area contributed by atoms with Gasteiger partial charge in [-0.3, -0.25) is 0 Å². The fourth-order valence-corrected chi connectivity index (χ4v) is 7.56. The van der Waals surface area contributed by atoms with E-state index in [2.05, 4.69) is 30.9 Å². The Morgan fingerprint density at radius 1 is 0.958 bits per heavy atom. The molecular formula is C23H35N. The van der Waals surface area contributed by atoms with Crippen molar-refractivity contribution < 1.29 is 0 Å². The summed E-state index contributed by atoms with van der Waals surface area (Å²) >= 11 is 0. The first kappa shape index (κ1) is 15.5. The number of fused-ring (bicyclic) bond motifs is 5. The Bertz CT molecular complexity index is 581. The number of likely N-dealkylation sites (tertiary alicyclic amines) is 1. The molecule has 1 heteroatoms. The van der Waals surface area contributed by atoms with Crippen LogP contribution in [0.1, 0.15) is 78.1 Å². The lowest BCUT2D eigenvalue weighted by Crippen LogP contribution is -2.48. The van der Waals surface area contributed by atoms with E-state index >= 15 is 0 Å². The fraction of sp³-hybridized carbons (Fsp3) is 0.826. The monoisotopic (exact) mass is 325 g/mol. The highest BCUT2D eigenvalue weighted by atomic mass is 15.1. The van der Waals surface area contributed by atoms with Crippen molar-refractivity contribution in [2.75, 3.05) is 13.1 Å². The Kier molecular flexibility index (Phi) is 3.48. The molecule has 4 aliphatic carbocycles. The summed E-state index contributed by atoms with van der Waals surface area (Å²) in [7, 11) is 0. The van der Waals surface area contributed by atoms with Gasteiger partial charge in [0.25, 0.3) is 0 Å². The Balaban J connectivity index is 1.46. The normalized spacial score (nSPS) is 47.6. The molecular weight excluding hydrogens is 290 g/mol. The minimum atomic E-state index is 0.482. The third-order valence-electron chi connectivity index (χ3n) is 9.04. The van der Waals surface area contributed by atoms with E-state index in [4.69, 9.17) is 0 Å². The molecule has 0 aromatic carbocycles. The van der Waals surface area contributed by atoms with Crippen LogP contribution in [0.4, 0.5) is 0 Å². The molecule has 0 amide bonds. The molecule has 0 spiro atoms. The standard InChI is InChI=1S/C23H35N/c1-22-11-5-6-20(22)19-8-7-17-16-18(24-14-3-4-15-24)9-13-23(17,2)21(19)10-12-22/h7,16,19-21H,3-6,8-15H2,1-2H3/t19-,20-,21-,22-,23-/m0/s1. The maximum atomic E-state index is 2.68. The minimum Gasteiger partial charge on any atom is -0.375 e. The highest BCUT2D eigenvalue weighted by Crippen LogP contribution is 2.64. The molecule has 1 nitrogen and oxygen atoms in total. The third-order valence-corrected chi connectivity index (χ3v) is 9.04. The van der Waals surface area contributed by atoms with Gasteiger partial charge in [-0.1, -0.05) is 26.3 Å². The zero-order chi connectivity index (χ0) is 16.4. The van der Waals surface area contributed by atoms with Gasteiger partial charge in [0.15, 0.2) is 0 Å². The van der Waals surface area contributed by atoms with E-state index in [1.807, 2.05) is 0 Å². The van der Waals surface area contributed by atoms with E-state index < -0.39 is 0 Å². The predicted molar refractivity (Wildman–Crippen MR) is 101 cm³/mol. The van der Waals surface area contributed by atoms with E-state index in [1.165, 1.54) is 77.3 Å². The van der Waals surface area contributed by atoms with E-state index in [0.717, 1.165) is 17.8 Å². The van der Waals surface area contributed by atoms with E-state index in [1.54, 1.807) is 11.3 Å². The molecule has 3 fully saturated rings. The van der Waals surface area contributed by atoms with Gasteiger partial charge < -0.3 is 4.90 Å². The topological polar surface area (TPSA) is 3.24 Å². The van der Waals surface area contributed by atoms with E-state index in [-0.39, 0.29) is 0 Å². The van der Waals surface area contributed by atoms with Gasteiger partial charge in [-0.05, 0) is 98.0 Å². The van der Waals surface area contributed by atoms with E-state index in [0.29, 0.717) is 10.8 Å². The molecule has 1 aliphatic heterocycles. The molecule has 2 saturated carbocycles. The molecule has 0 radical (unpaired) electrons. The van der Waals surface area contributed by atoms with Crippen molar-refractivity contribution in [1.29, 1.82) is 0 Å². The van der Waals surface area contributed by atoms with Crippen LogP contribution in [0.25, 0.3) is 0 Å². The van der Waals surface area contributed by atoms with Crippen molar-refractivity contribution in [3.63, 3.8) is 0 Å². The van der Waals surface area contributed by atoms with Gasteiger partial charge in [0, 0.05) is 18.8 Å². The zero-order valence-corrected chi connectivity index (χ0v) is 15.8. The van der Waals surface area contributed by atoms with Crippen LogP contribution in [0.3, 0.4) is 0 Å². The number of hydrogen-bond donors (Lipinski definition) is 0. The van der Waals surface area contributed by atoms with Crippen LogP contribution in [-0.2, 0) is 0 Å². The molecule has 0 N–H and O–H groups in total. The van der Waals surface area contributed by atoms with E-state index in [9.17, 15) is 0 Å². The second kappa shape index (κ2) is 5.39. The van der Waals surface area contributed by atoms with Crippen molar-refractivity contribution in [2.45, 2.75) is 78.1 Å². The van der Waals surface area contributed by atoms with Gasteiger partial charge in [0.05, 0.1) is 0 Å². The van der Waals surface area contributed by atoms with Crippen molar-refractivity contribution >= 4 is 0 Å². The highest BCUT2D eigenvalue weighted by molar-refractivity contribution is 5.37. The summed E-state index contributed by atoms with van der Waals surface area (Å²) in [6, 6.07) is 0. The Morgan fingerprint density at radius 3 is 2.62 bits per heavy atom. The lowest BCUT2D eigenvalue weighted by atomic mass is 9.49. The van der Waals surface area contributed by atoms with Crippen LogP contribution in [0, 0.1) is 28.6 Å². The van der Waals surface area contributed by atoms with Gasteiger partial charge >= 0.3 is 0 Å². The Hall–Kier alpha value is -0.720. The van der Waals surface area contributed by atoms with Crippen molar-refractivity contribution in [3.8, 4) is 0 Å². The number of rotatable bonds is 1. The summed E-state index contributed by atoms with van der Waals surface area (Å²) in [6.45, 7) is 7.86. The quantitative estimate of drug-likeness (QED) is 0.577. The molecule has 5 rings (SSSR count). The van der Waals surface area contributed by atoms with Gasteiger partial charge in [0.1, 0.15) is 0 Å². The SMILES string of the molecule is C[C@@]12CCC[C@H]1[C@@H]1CC=C3C=C(N4CCCC4)CC[C@]3(C)[C@H]1CC2. The van der Waals surface area contributed by atoms with Crippen LogP contribution in [0.15, 0.2) is 23.4 Å². The Morgan fingerprint density at radius 2 is 1.79 bits per heavy atom. The van der Waals surface area contributed by atoms with Crippen molar-refractivity contribution in [3.05, 3.63) is 23.4 Å². The van der Waals surface area contributed by atoms with Gasteiger partial charge in [-0.15, -0.1) is 0 Å². The third kappa shape index (κ3) is 2.12. The summed E-state index contributed by atoms with van der Waals surface area (Å²) in [6.07, 6.45) is 19.8. The maximum absolute atomic E-state index is 2.68. The summed E-state index contributed by atoms with van der Waals surface area (Å²) in [5.41, 5.74) is 4.55. The van der Waals surface area contributed by atoms with Crippen LogP contribution in [0.5, 0.6) is 0 Å². The van der Waals surface area contributed by atoms with Crippen LogP contribution < -0.4 is 0 Å². The Labute approximate surface area is 148 Å².